The van der Waals surface area contributed by atoms with E-state index in [2.05, 4.69) is 5.32 Å². The number of aryl methyl sites for hydroxylation is 1. The highest BCUT2D eigenvalue weighted by atomic mass is 32.2. The number of methoxy groups -OCH3 is 1. The first-order valence-corrected chi connectivity index (χ1v) is 14.2. The van der Waals surface area contributed by atoms with E-state index in [1.165, 1.54) is 11.4 Å². The van der Waals surface area contributed by atoms with Gasteiger partial charge < -0.3 is 15.0 Å². The monoisotopic (exact) mass is 517 g/mol. The maximum atomic E-state index is 13.5. The molecule has 1 atom stereocenters. The zero-order valence-electron chi connectivity index (χ0n) is 22.0. The van der Waals surface area contributed by atoms with Crippen molar-refractivity contribution < 1.29 is 22.7 Å². The van der Waals surface area contributed by atoms with Crippen molar-refractivity contribution in [1.29, 1.82) is 0 Å². The average molecular weight is 518 g/mol. The zero-order valence-corrected chi connectivity index (χ0v) is 22.8. The molecule has 0 saturated heterocycles. The number of hydrogen-bond acceptors (Lipinski definition) is 5. The van der Waals surface area contributed by atoms with Crippen LogP contribution in [0, 0.1) is 6.92 Å². The Morgan fingerprint density at radius 1 is 1.08 bits per heavy atom. The number of nitrogens with zero attached hydrogens (tertiary/aromatic N) is 2. The highest BCUT2D eigenvalue weighted by Crippen LogP contribution is 2.29. The fourth-order valence-corrected chi connectivity index (χ4v) is 5.08. The molecule has 0 aromatic heterocycles. The Bertz CT molecular complexity index is 1120. The molecule has 0 heterocycles. The predicted molar refractivity (Wildman–Crippen MR) is 144 cm³/mol. The Hall–Kier alpha value is -3.07. The second-order valence-electron chi connectivity index (χ2n) is 8.84. The van der Waals surface area contributed by atoms with Gasteiger partial charge in [0.1, 0.15) is 11.8 Å². The highest BCUT2D eigenvalue weighted by Gasteiger charge is 2.29. The molecule has 2 aromatic carbocycles. The maximum Gasteiger partial charge on any atom is 0.242 e. The summed E-state index contributed by atoms with van der Waals surface area (Å²) >= 11 is 0. The van der Waals surface area contributed by atoms with Crippen molar-refractivity contribution in [1.82, 2.24) is 10.2 Å². The molecule has 0 bridgehead atoms. The normalized spacial score (nSPS) is 12.0. The lowest BCUT2D eigenvalue weighted by Crippen LogP contribution is -2.49. The van der Waals surface area contributed by atoms with Crippen LogP contribution in [0.15, 0.2) is 48.5 Å². The van der Waals surface area contributed by atoms with Gasteiger partial charge in [-0.2, -0.15) is 0 Å². The van der Waals surface area contributed by atoms with Crippen LogP contribution in [0.4, 0.5) is 5.69 Å². The smallest absolute Gasteiger partial charge is 0.242 e. The Balaban J connectivity index is 2.23. The molecular formula is C27H39N3O5S. The van der Waals surface area contributed by atoms with E-state index in [0.29, 0.717) is 37.4 Å². The largest absolute Gasteiger partial charge is 0.495 e. The SMILES string of the molecule is CCCNC(=O)[C@H](CC)N(Cc1cccc(C)c1)C(=O)CCCN(c1ccccc1OC)S(C)(=O)=O. The van der Waals surface area contributed by atoms with Gasteiger partial charge in [-0.25, -0.2) is 8.42 Å². The van der Waals surface area contributed by atoms with E-state index < -0.39 is 16.1 Å². The van der Waals surface area contributed by atoms with E-state index in [9.17, 15) is 18.0 Å². The Morgan fingerprint density at radius 3 is 2.42 bits per heavy atom. The van der Waals surface area contributed by atoms with Gasteiger partial charge in [0.15, 0.2) is 0 Å². The number of carbonyl (C=O) groups excluding carboxylic acids is 2. The van der Waals surface area contributed by atoms with E-state index in [4.69, 9.17) is 4.74 Å². The number of rotatable bonds is 14. The Kier molecular flexibility index (Phi) is 11.2. The van der Waals surface area contributed by atoms with Crippen molar-refractivity contribution in [3.63, 3.8) is 0 Å². The summed E-state index contributed by atoms with van der Waals surface area (Å²) in [6, 6.07) is 14.1. The second kappa shape index (κ2) is 13.9. The topological polar surface area (TPSA) is 96.0 Å². The van der Waals surface area contributed by atoms with Crippen molar-refractivity contribution in [3.8, 4) is 5.75 Å². The van der Waals surface area contributed by atoms with Crippen LogP contribution < -0.4 is 14.4 Å². The molecule has 0 radical (unpaired) electrons. The van der Waals surface area contributed by atoms with Crippen molar-refractivity contribution in [3.05, 3.63) is 59.7 Å². The number of sulfonamides is 1. The van der Waals surface area contributed by atoms with Crippen molar-refractivity contribution in [2.45, 2.75) is 59.0 Å². The first-order chi connectivity index (χ1) is 17.1. The molecule has 0 saturated carbocycles. The number of amides is 2. The van der Waals surface area contributed by atoms with Crippen LogP contribution in [0.1, 0.15) is 50.7 Å². The molecule has 0 fully saturated rings. The molecule has 8 nitrogen and oxygen atoms in total. The number of para-hydroxylation sites is 2. The molecule has 0 spiro atoms. The molecule has 0 aliphatic rings. The average Bonchev–Trinajstić information content (AvgIpc) is 2.84. The summed E-state index contributed by atoms with van der Waals surface area (Å²) in [7, 11) is -2.12. The third-order valence-electron chi connectivity index (χ3n) is 5.88. The molecule has 0 unspecified atom stereocenters. The van der Waals surface area contributed by atoms with Gasteiger partial charge in [0.25, 0.3) is 0 Å². The number of nitrogens with one attached hydrogen (secondary N) is 1. The van der Waals surface area contributed by atoms with E-state index >= 15 is 0 Å². The Labute approximate surface area is 215 Å². The van der Waals surface area contributed by atoms with Gasteiger partial charge in [0.2, 0.25) is 21.8 Å². The van der Waals surface area contributed by atoms with Gasteiger partial charge in [0.05, 0.1) is 19.1 Å². The fraction of sp³-hybridized carbons (Fsp3) is 0.481. The molecule has 2 rings (SSSR count). The van der Waals surface area contributed by atoms with Crippen molar-refractivity contribution in [2.24, 2.45) is 0 Å². The first-order valence-electron chi connectivity index (χ1n) is 12.4. The minimum absolute atomic E-state index is 0.102. The summed E-state index contributed by atoms with van der Waals surface area (Å²) in [5, 5.41) is 2.91. The van der Waals surface area contributed by atoms with Crippen LogP contribution in [-0.4, -0.2) is 57.6 Å². The van der Waals surface area contributed by atoms with Crippen molar-refractivity contribution in [2.75, 3.05) is 30.8 Å². The van der Waals surface area contributed by atoms with Gasteiger partial charge in [0, 0.05) is 26.1 Å². The van der Waals surface area contributed by atoms with Gasteiger partial charge in [-0.15, -0.1) is 0 Å². The third-order valence-corrected chi connectivity index (χ3v) is 7.06. The third kappa shape index (κ3) is 8.26. The lowest BCUT2D eigenvalue weighted by atomic mass is 10.1. The summed E-state index contributed by atoms with van der Waals surface area (Å²) in [5.74, 6) is 0.0737. The molecule has 9 heteroatoms. The molecule has 0 aliphatic carbocycles. The number of benzene rings is 2. The molecule has 0 aliphatic heterocycles. The lowest BCUT2D eigenvalue weighted by molar-refractivity contribution is -0.141. The number of carbonyl (C=O) groups is 2. The van der Waals surface area contributed by atoms with Crippen LogP contribution in [-0.2, 0) is 26.2 Å². The molecular weight excluding hydrogens is 478 g/mol. The van der Waals surface area contributed by atoms with Crippen LogP contribution in [0.25, 0.3) is 0 Å². The van der Waals surface area contributed by atoms with Crippen LogP contribution in [0.2, 0.25) is 0 Å². The number of anilines is 1. The predicted octanol–water partition coefficient (Wildman–Crippen LogP) is 3.88. The van der Waals surface area contributed by atoms with Gasteiger partial charge >= 0.3 is 0 Å². The van der Waals surface area contributed by atoms with Gasteiger partial charge in [-0.05, 0) is 43.9 Å². The summed E-state index contributed by atoms with van der Waals surface area (Å²) in [6.45, 7) is 6.82. The molecule has 198 valence electrons. The van der Waals surface area contributed by atoms with Crippen LogP contribution >= 0.6 is 0 Å². The summed E-state index contributed by atoms with van der Waals surface area (Å²) in [6.07, 6.45) is 2.81. The van der Waals surface area contributed by atoms with Crippen LogP contribution in [0.3, 0.4) is 0 Å². The lowest BCUT2D eigenvalue weighted by Gasteiger charge is -2.31. The maximum absolute atomic E-state index is 13.5. The molecule has 2 aromatic rings. The van der Waals surface area contributed by atoms with E-state index in [1.807, 2.05) is 45.0 Å². The second-order valence-corrected chi connectivity index (χ2v) is 10.7. The summed E-state index contributed by atoms with van der Waals surface area (Å²) < 4.78 is 31.7. The minimum Gasteiger partial charge on any atom is -0.495 e. The highest BCUT2D eigenvalue weighted by molar-refractivity contribution is 7.92. The molecule has 2 amide bonds. The molecule has 36 heavy (non-hydrogen) atoms. The van der Waals surface area contributed by atoms with Gasteiger partial charge in [-0.3, -0.25) is 13.9 Å². The van der Waals surface area contributed by atoms with Gasteiger partial charge in [-0.1, -0.05) is 55.8 Å². The summed E-state index contributed by atoms with van der Waals surface area (Å²) in [5.41, 5.74) is 2.44. The quantitative estimate of drug-likeness (QED) is 0.410. The number of hydrogen-bond donors (Lipinski definition) is 1. The van der Waals surface area contributed by atoms with Crippen LogP contribution in [0.5, 0.6) is 5.75 Å². The molecule has 1 N–H and O–H groups in total. The Morgan fingerprint density at radius 2 is 1.81 bits per heavy atom. The van der Waals surface area contributed by atoms with Crippen molar-refractivity contribution >= 4 is 27.5 Å². The van der Waals surface area contributed by atoms with E-state index in [-0.39, 0.29) is 24.8 Å². The summed E-state index contributed by atoms with van der Waals surface area (Å²) in [4.78, 5) is 28.0. The number of ether oxygens (including phenoxy) is 1. The fourth-order valence-electron chi connectivity index (χ4n) is 4.11. The minimum atomic E-state index is -3.60. The standard InChI is InChI=1S/C27H39N3O5S/c1-6-17-28-27(32)23(7-2)29(20-22-13-10-12-21(3)19-22)26(31)16-11-18-30(36(5,33)34)24-14-8-9-15-25(24)35-4/h8-10,12-15,19,23H,6-7,11,16-18,20H2,1-5H3,(H,28,32)/t23-/m0/s1. The first kappa shape index (κ1) is 29.2. The van der Waals surface area contributed by atoms with E-state index in [0.717, 1.165) is 23.8 Å². The zero-order chi connectivity index (χ0) is 26.7. The van der Waals surface area contributed by atoms with E-state index in [1.54, 1.807) is 29.2 Å².